The van der Waals surface area contributed by atoms with Crippen LogP contribution in [0.4, 0.5) is 0 Å². The summed E-state index contributed by atoms with van der Waals surface area (Å²) in [6.45, 7) is 7.09. The molecule has 0 saturated carbocycles. The highest BCUT2D eigenvalue weighted by atomic mass is 16.3. The summed E-state index contributed by atoms with van der Waals surface area (Å²) in [5, 5.41) is 9.55. The Bertz CT molecular complexity index is 480. The van der Waals surface area contributed by atoms with Crippen LogP contribution < -0.4 is 0 Å². The second kappa shape index (κ2) is 7.39. The maximum atomic E-state index is 9.55. The van der Waals surface area contributed by atoms with E-state index < -0.39 is 0 Å². The molecule has 0 amide bonds. The number of benzene rings is 2. The average molecular weight is 283 g/mol. The number of nitrogens with zero attached hydrogens (tertiary/aromatic N) is 1. The molecule has 0 radical (unpaired) electrons. The van der Waals surface area contributed by atoms with Gasteiger partial charge in [-0.3, -0.25) is 4.90 Å². The molecule has 2 aromatic rings. The molecule has 0 saturated heterocycles. The smallest absolute Gasteiger partial charge is 0.0494 e. The standard InChI is InChI=1S/C19H25NO/c1-19(2,16-21)15-20(13-17-9-5-3-6-10-17)14-18-11-7-4-8-12-18/h3-12,21H,13-16H2,1-2H3. The van der Waals surface area contributed by atoms with E-state index >= 15 is 0 Å². The topological polar surface area (TPSA) is 23.5 Å². The lowest BCUT2D eigenvalue weighted by atomic mass is 9.93. The summed E-state index contributed by atoms with van der Waals surface area (Å²) in [7, 11) is 0. The van der Waals surface area contributed by atoms with Gasteiger partial charge in [0, 0.05) is 31.7 Å². The summed E-state index contributed by atoms with van der Waals surface area (Å²) in [5.74, 6) is 0. The lowest BCUT2D eigenvalue weighted by Crippen LogP contribution is -2.35. The van der Waals surface area contributed by atoms with Crippen molar-refractivity contribution in [2.45, 2.75) is 26.9 Å². The fourth-order valence-corrected chi connectivity index (χ4v) is 2.51. The van der Waals surface area contributed by atoms with Gasteiger partial charge in [-0.25, -0.2) is 0 Å². The van der Waals surface area contributed by atoms with Crippen LogP contribution in [0.5, 0.6) is 0 Å². The summed E-state index contributed by atoms with van der Waals surface area (Å²) in [6, 6.07) is 21.0. The van der Waals surface area contributed by atoms with E-state index in [9.17, 15) is 5.11 Å². The minimum atomic E-state index is -0.0937. The van der Waals surface area contributed by atoms with Gasteiger partial charge in [-0.2, -0.15) is 0 Å². The summed E-state index contributed by atoms with van der Waals surface area (Å²) in [6.07, 6.45) is 0. The lowest BCUT2D eigenvalue weighted by Gasteiger charge is -2.31. The molecule has 0 aliphatic heterocycles. The molecular weight excluding hydrogens is 258 g/mol. The van der Waals surface area contributed by atoms with Gasteiger partial charge in [0.05, 0.1) is 0 Å². The highest BCUT2D eigenvalue weighted by Gasteiger charge is 2.21. The molecule has 0 heterocycles. The molecule has 0 aliphatic carbocycles. The van der Waals surface area contributed by atoms with E-state index in [1.807, 2.05) is 12.1 Å². The predicted molar refractivity (Wildman–Crippen MR) is 87.9 cm³/mol. The van der Waals surface area contributed by atoms with E-state index in [0.29, 0.717) is 0 Å². The molecule has 2 aromatic carbocycles. The van der Waals surface area contributed by atoms with Crippen LogP contribution in [-0.2, 0) is 13.1 Å². The molecule has 112 valence electrons. The molecule has 1 N–H and O–H groups in total. The Morgan fingerprint density at radius 1 is 0.810 bits per heavy atom. The van der Waals surface area contributed by atoms with Crippen LogP contribution in [-0.4, -0.2) is 23.2 Å². The highest BCUT2D eigenvalue weighted by molar-refractivity contribution is 5.17. The van der Waals surface area contributed by atoms with Gasteiger partial charge in [-0.05, 0) is 11.1 Å². The van der Waals surface area contributed by atoms with Crippen molar-refractivity contribution >= 4 is 0 Å². The van der Waals surface area contributed by atoms with Gasteiger partial charge in [-0.15, -0.1) is 0 Å². The number of hydrogen-bond donors (Lipinski definition) is 1. The van der Waals surface area contributed by atoms with Gasteiger partial charge >= 0.3 is 0 Å². The summed E-state index contributed by atoms with van der Waals surface area (Å²) >= 11 is 0. The lowest BCUT2D eigenvalue weighted by molar-refractivity contribution is 0.0951. The molecule has 2 heteroatoms. The predicted octanol–water partition coefficient (Wildman–Crippen LogP) is 3.71. The first-order valence-electron chi connectivity index (χ1n) is 7.50. The van der Waals surface area contributed by atoms with E-state index in [4.69, 9.17) is 0 Å². The Kier molecular flexibility index (Phi) is 5.54. The molecule has 0 unspecified atom stereocenters. The zero-order valence-corrected chi connectivity index (χ0v) is 13.0. The van der Waals surface area contributed by atoms with Gasteiger partial charge < -0.3 is 5.11 Å². The van der Waals surface area contributed by atoms with Crippen LogP contribution in [0.1, 0.15) is 25.0 Å². The van der Waals surface area contributed by atoms with Crippen LogP contribution in [0.2, 0.25) is 0 Å². The van der Waals surface area contributed by atoms with Crippen LogP contribution in [0, 0.1) is 5.41 Å². The van der Waals surface area contributed by atoms with Gasteiger partial charge in [0.2, 0.25) is 0 Å². The zero-order chi connectivity index (χ0) is 15.1. The number of rotatable bonds is 7. The van der Waals surface area contributed by atoms with Crippen molar-refractivity contribution in [3.05, 3.63) is 71.8 Å². The van der Waals surface area contributed by atoms with Gasteiger partial charge in [0.15, 0.2) is 0 Å². The quantitative estimate of drug-likeness (QED) is 0.837. The normalized spacial score (nSPS) is 11.8. The van der Waals surface area contributed by atoms with Crippen LogP contribution in [0.15, 0.2) is 60.7 Å². The first-order valence-corrected chi connectivity index (χ1v) is 7.50. The number of aliphatic hydroxyl groups is 1. The fourth-order valence-electron chi connectivity index (χ4n) is 2.51. The van der Waals surface area contributed by atoms with Crippen molar-refractivity contribution in [2.24, 2.45) is 5.41 Å². The van der Waals surface area contributed by atoms with Gasteiger partial charge in [0.25, 0.3) is 0 Å². The Hall–Kier alpha value is -1.64. The van der Waals surface area contributed by atoms with Crippen molar-refractivity contribution in [2.75, 3.05) is 13.2 Å². The Morgan fingerprint density at radius 2 is 1.24 bits per heavy atom. The molecule has 2 nitrogen and oxygen atoms in total. The molecule has 0 aliphatic rings. The summed E-state index contributed by atoms with van der Waals surface area (Å²) < 4.78 is 0. The van der Waals surface area contributed by atoms with Gasteiger partial charge in [0.1, 0.15) is 0 Å². The fraction of sp³-hybridized carbons (Fsp3) is 0.368. The SMILES string of the molecule is CC(C)(CO)CN(Cc1ccccc1)Cc1ccccc1. The van der Waals surface area contributed by atoms with E-state index in [-0.39, 0.29) is 12.0 Å². The van der Waals surface area contributed by atoms with Crippen molar-refractivity contribution in [1.82, 2.24) is 4.90 Å². The molecule has 2 rings (SSSR count). The van der Waals surface area contributed by atoms with Crippen molar-refractivity contribution < 1.29 is 5.11 Å². The van der Waals surface area contributed by atoms with Crippen molar-refractivity contribution in [1.29, 1.82) is 0 Å². The minimum Gasteiger partial charge on any atom is -0.396 e. The second-order valence-electron chi connectivity index (χ2n) is 6.44. The Morgan fingerprint density at radius 3 is 1.62 bits per heavy atom. The highest BCUT2D eigenvalue weighted by Crippen LogP contribution is 2.19. The molecule has 0 aromatic heterocycles. The van der Waals surface area contributed by atoms with Crippen molar-refractivity contribution in [3.63, 3.8) is 0 Å². The van der Waals surface area contributed by atoms with Crippen LogP contribution >= 0.6 is 0 Å². The third kappa shape index (κ3) is 5.33. The second-order valence-corrected chi connectivity index (χ2v) is 6.44. The number of aliphatic hydroxyl groups excluding tert-OH is 1. The largest absolute Gasteiger partial charge is 0.396 e. The molecule has 0 bridgehead atoms. The third-order valence-electron chi connectivity index (χ3n) is 3.58. The maximum absolute atomic E-state index is 9.55. The monoisotopic (exact) mass is 283 g/mol. The van der Waals surface area contributed by atoms with Crippen molar-refractivity contribution in [3.8, 4) is 0 Å². The molecule has 0 spiro atoms. The van der Waals surface area contributed by atoms with E-state index in [2.05, 4.69) is 67.3 Å². The average Bonchev–Trinajstić information content (AvgIpc) is 2.49. The first-order chi connectivity index (χ1) is 10.1. The molecule has 0 fully saturated rings. The Balaban J connectivity index is 2.10. The molecule has 21 heavy (non-hydrogen) atoms. The van der Waals surface area contributed by atoms with Crippen LogP contribution in [0.3, 0.4) is 0 Å². The zero-order valence-electron chi connectivity index (χ0n) is 13.0. The molecule has 0 atom stereocenters. The van der Waals surface area contributed by atoms with E-state index in [0.717, 1.165) is 19.6 Å². The summed E-state index contributed by atoms with van der Waals surface area (Å²) in [4.78, 5) is 2.40. The van der Waals surface area contributed by atoms with E-state index in [1.54, 1.807) is 0 Å². The first kappa shape index (κ1) is 15.7. The summed E-state index contributed by atoms with van der Waals surface area (Å²) in [5.41, 5.74) is 2.52. The van der Waals surface area contributed by atoms with Gasteiger partial charge in [-0.1, -0.05) is 74.5 Å². The van der Waals surface area contributed by atoms with E-state index in [1.165, 1.54) is 11.1 Å². The molecular formula is C19H25NO. The Labute approximate surface area is 128 Å². The third-order valence-corrected chi connectivity index (χ3v) is 3.58. The maximum Gasteiger partial charge on any atom is 0.0494 e. The number of hydrogen-bond acceptors (Lipinski definition) is 2. The van der Waals surface area contributed by atoms with Crippen LogP contribution in [0.25, 0.3) is 0 Å². The minimum absolute atomic E-state index is 0.0937.